The molecule has 0 spiro atoms. The number of Topliss-reactive ketones (excluding diaryl/α,β-unsaturated/α-hetero) is 4. The fourth-order valence-corrected chi connectivity index (χ4v) is 12.5. The molecule has 0 unspecified atom stereocenters. The number of unbranched alkanes of at least 4 members (excludes halogenated alkanes) is 6. The minimum Gasteiger partial charge on any atom is -0.493 e. The Morgan fingerprint density at radius 3 is 1.71 bits per heavy atom. The predicted molar refractivity (Wildman–Crippen MR) is 437 cm³/mol. The number of esters is 2. The second kappa shape index (κ2) is 57.1. The van der Waals surface area contributed by atoms with Gasteiger partial charge in [-0.3, -0.25) is 76.7 Å². The molecular formula is C82H113N15O27. The standard InChI is InChI=1S/C80H113N15O23.2CO2/c1-8-9-10-11-12-13-14-29-68(103)92-58(33-49-39-86-55-25-18-16-22-50(49)55)78(113)93-57(38-67(85)102)63(100)34-48(35-66(84)101)76(111)95-72(47(6)117-80(115)59(37-60(97)51-23-15-17-24-53(51)82)94-77(112)52(43(2)32-70(105)106)36-61(98)54(83)42-96)79(114)87-40-69(104)91-56(26-21-30-81)62(99)31-44(3)73(108)89-46(5)75(110)90-45(4)74(109)88-41-71(107)118-65-28-20-19-27-64(65)116-7;2*2-1-3/h15-20,22-25,27-28,39,43-48,52,54,56-59,72,86,96H,8-14,21,26,29-38,40-42,81-83H2,1-7H3,(H2,84,101)(H2,85,102)(H,87,114)(H,88,109)(H,89,108)(H,90,110)(H,91,104)(H,92,103)(H,93,113)(H,94,112)(H,95,111)(H,105,106);;/t43-,44-,45+,46-,47-,48+,52+,54-,56+,57-,58+,59+,72+;;/m1../s1. The summed E-state index contributed by atoms with van der Waals surface area (Å²) >= 11 is 0. The van der Waals surface area contributed by atoms with Gasteiger partial charge in [0.2, 0.25) is 65.0 Å². The SMILES string of the molecule is CCCCCCCCCC(=O)N[C@@H](Cc1c[nH]c2ccccc12)C(=O)N[C@H](CC(N)=O)C(=O)C[C@@H](CC(N)=O)C(=O)N[C@H](C(=O)NCC(=O)N[C@@H](CCCN)C(=O)C[C@@H](C)C(=O)N[C@H](C)C(=O)N[C@@H](C)C(=O)NCC(=O)Oc1ccccc1OC)[C@@H](C)OC(=O)[C@H](CC(=O)c1ccccc1N)NC(=O)[C@@H](CC(=O)[C@H](N)CO)[C@H](C)CC(=O)O.O=C=O.O=C=O. The fourth-order valence-electron chi connectivity index (χ4n) is 12.5. The molecule has 1 heterocycles. The normalized spacial score (nSPS) is 13.8. The summed E-state index contributed by atoms with van der Waals surface area (Å²) in [6.07, 6.45) is 0.0897. The van der Waals surface area contributed by atoms with Crippen LogP contribution in [-0.4, -0.2) is 221 Å². The maximum absolute atomic E-state index is 14.9. The second-order valence-corrected chi connectivity index (χ2v) is 29.2. The maximum atomic E-state index is 14.9. The number of aliphatic hydroxyl groups excluding tert-OH is 1. The summed E-state index contributed by atoms with van der Waals surface area (Å²) in [4.78, 5) is 282. The number of hydrogen-bond donors (Lipinski definition) is 17. The number of fused-ring (bicyclic) bond motifs is 1. The van der Waals surface area contributed by atoms with Crippen molar-refractivity contribution in [2.75, 3.05) is 39.1 Å². The number of carboxylic acid groups (broad SMARTS) is 1. The molecule has 4 rings (SSSR count). The van der Waals surface area contributed by atoms with E-state index >= 15 is 0 Å². The zero-order valence-corrected chi connectivity index (χ0v) is 70.1. The number of nitrogen functional groups attached to an aromatic ring is 1. The van der Waals surface area contributed by atoms with E-state index in [1.54, 1.807) is 48.7 Å². The lowest BCUT2D eigenvalue weighted by atomic mass is 9.84. The highest BCUT2D eigenvalue weighted by atomic mass is 16.6. The van der Waals surface area contributed by atoms with Crippen LogP contribution in [0.3, 0.4) is 0 Å². The minimum atomic E-state index is -2.26. The van der Waals surface area contributed by atoms with Gasteiger partial charge >= 0.3 is 30.2 Å². The van der Waals surface area contributed by atoms with E-state index in [0.29, 0.717) is 22.9 Å². The number of ether oxygens (including phenoxy) is 3. The highest BCUT2D eigenvalue weighted by Gasteiger charge is 2.40. The number of para-hydroxylation sites is 4. The lowest BCUT2D eigenvalue weighted by Crippen LogP contribution is -2.57. The number of aromatic amines is 1. The van der Waals surface area contributed by atoms with Gasteiger partial charge in [0.15, 0.2) is 34.6 Å². The molecule has 0 fully saturated rings. The molecule has 678 valence electrons. The topological polar surface area (TPSA) is 698 Å². The van der Waals surface area contributed by atoms with E-state index in [4.69, 9.17) is 62.1 Å². The van der Waals surface area contributed by atoms with E-state index in [1.807, 2.05) is 0 Å². The zero-order chi connectivity index (χ0) is 93.3. The average Bonchev–Trinajstić information content (AvgIpc) is 1.67. The minimum absolute atomic E-state index is 0.0161. The predicted octanol–water partition coefficient (Wildman–Crippen LogP) is -1.58. The number of nitrogens with one attached hydrogen (secondary N) is 10. The molecule has 4 aromatic rings. The summed E-state index contributed by atoms with van der Waals surface area (Å²) < 4.78 is 16.2. The van der Waals surface area contributed by atoms with Crippen molar-refractivity contribution in [1.82, 2.24) is 52.8 Å². The Labute approximate surface area is 713 Å². The number of anilines is 1. The van der Waals surface area contributed by atoms with Crippen LogP contribution in [0.25, 0.3) is 10.9 Å². The Balaban J connectivity index is 0.00000842. The van der Waals surface area contributed by atoms with Crippen LogP contribution in [0.15, 0.2) is 79.0 Å². The number of benzene rings is 3. The van der Waals surface area contributed by atoms with Crippen molar-refractivity contribution in [1.29, 1.82) is 0 Å². The Kier molecular flexibility index (Phi) is 49.1. The van der Waals surface area contributed by atoms with Crippen molar-refractivity contribution in [2.45, 2.75) is 212 Å². The summed E-state index contributed by atoms with van der Waals surface area (Å²) in [7, 11) is 1.37. The third-order valence-electron chi connectivity index (χ3n) is 19.3. The molecule has 0 radical (unpaired) electrons. The van der Waals surface area contributed by atoms with Gasteiger partial charge in [0, 0.05) is 91.6 Å². The van der Waals surface area contributed by atoms with Gasteiger partial charge in [-0.2, -0.15) is 19.2 Å². The third-order valence-corrected chi connectivity index (χ3v) is 19.3. The number of carboxylic acids is 1. The third kappa shape index (κ3) is 39.0. The Hall–Kier alpha value is -13.3. The number of methoxy groups -OCH3 is 1. The highest BCUT2D eigenvalue weighted by molar-refractivity contribution is 6.05. The molecule has 0 aliphatic heterocycles. The molecule has 42 heteroatoms. The molecule has 3 aromatic carbocycles. The van der Waals surface area contributed by atoms with Gasteiger partial charge in [-0.05, 0) is 88.4 Å². The Morgan fingerprint density at radius 2 is 1.10 bits per heavy atom. The molecule has 0 aliphatic rings. The number of rotatable bonds is 56. The van der Waals surface area contributed by atoms with E-state index < -0.39 is 249 Å². The lowest BCUT2D eigenvalue weighted by molar-refractivity contribution is -0.193. The monoisotopic (exact) mass is 1740 g/mol. The first kappa shape index (κ1) is 107. The molecule has 0 aliphatic carbocycles. The lowest BCUT2D eigenvalue weighted by Gasteiger charge is -2.29. The molecule has 0 saturated carbocycles. The largest absolute Gasteiger partial charge is 0.493 e. The first-order valence-corrected chi connectivity index (χ1v) is 39.8. The quantitative estimate of drug-likeness (QED) is 0.00780. The van der Waals surface area contributed by atoms with Gasteiger partial charge in [-0.15, -0.1) is 0 Å². The number of hydrogen-bond acceptors (Lipinski definition) is 29. The van der Waals surface area contributed by atoms with Gasteiger partial charge in [-0.1, -0.05) is 102 Å². The first-order chi connectivity index (χ1) is 58.7. The van der Waals surface area contributed by atoms with Crippen LogP contribution in [0.5, 0.6) is 11.5 Å². The van der Waals surface area contributed by atoms with Crippen molar-refractivity contribution in [3.63, 3.8) is 0 Å². The van der Waals surface area contributed by atoms with Crippen molar-refractivity contribution in [3.8, 4) is 11.5 Å². The highest BCUT2D eigenvalue weighted by Crippen LogP contribution is 2.27. The Bertz CT molecular complexity index is 4400. The van der Waals surface area contributed by atoms with Gasteiger partial charge in [0.1, 0.15) is 42.9 Å². The fraction of sp³-hybridized carbons (Fsp3) is 0.512. The number of primary amides is 2. The van der Waals surface area contributed by atoms with Crippen LogP contribution < -0.4 is 86.0 Å². The Morgan fingerprint density at radius 1 is 0.532 bits per heavy atom. The second-order valence-electron chi connectivity index (χ2n) is 29.2. The van der Waals surface area contributed by atoms with E-state index in [1.165, 1.54) is 65.1 Å². The molecule has 42 nitrogen and oxygen atoms in total. The van der Waals surface area contributed by atoms with Crippen molar-refractivity contribution in [2.24, 2.45) is 46.6 Å². The number of aliphatic hydroxyl groups is 1. The number of aromatic nitrogens is 1. The number of nitrogens with two attached hydrogens (primary N) is 5. The van der Waals surface area contributed by atoms with Crippen molar-refractivity contribution < 1.29 is 130 Å². The van der Waals surface area contributed by atoms with Gasteiger partial charge < -0.3 is 106 Å². The number of amides is 11. The van der Waals surface area contributed by atoms with Crippen LogP contribution in [0, 0.1) is 23.7 Å². The van der Waals surface area contributed by atoms with E-state index in [9.17, 15) is 96.5 Å². The van der Waals surface area contributed by atoms with Crippen LogP contribution in [0.2, 0.25) is 0 Å². The van der Waals surface area contributed by atoms with Gasteiger partial charge in [-0.25, -0.2) is 9.59 Å². The average molecular weight is 1740 g/mol. The smallest absolute Gasteiger partial charge is 0.373 e. The summed E-state index contributed by atoms with van der Waals surface area (Å²) in [5, 5.41) is 41.8. The van der Waals surface area contributed by atoms with Crippen LogP contribution in [0.1, 0.15) is 167 Å². The van der Waals surface area contributed by atoms with E-state index in [2.05, 4.69) is 59.8 Å². The molecular weight excluding hydrogens is 1630 g/mol. The summed E-state index contributed by atoms with van der Waals surface area (Å²) in [5.41, 5.74) is 30.0. The molecule has 1 aromatic heterocycles. The van der Waals surface area contributed by atoms with Crippen molar-refractivity contribution in [3.05, 3.63) is 90.1 Å². The summed E-state index contributed by atoms with van der Waals surface area (Å²) in [6, 6.07) is 5.71. The van der Waals surface area contributed by atoms with Crippen molar-refractivity contribution >= 4 is 135 Å². The molecule has 11 amide bonds. The molecule has 124 heavy (non-hydrogen) atoms. The number of aliphatic carboxylic acids is 1. The summed E-state index contributed by atoms with van der Waals surface area (Å²) in [5.74, 6) is -24.5. The van der Waals surface area contributed by atoms with Crippen LogP contribution >= 0.6 is 0 Å². The van der Waals surface area contributed by atoms with Gasteiger partial charge in [0.05, 0.1) is 50.7 Å². The van der Waals surface area contributed by atoms with E-state index in [0.717, 1.165) is 45.4 Å². The molecule has 0 bridgehead atoms. The number of ketones is 4. The van der Waals surface area contributed by atoms with Gasteiger partial charge in [0.25, 0.3) is 0 Å². The molecule has 13 atom stereocenters. The number of carbonyl (C=O) groups excluding carboxylic acids is 21. The first-order valence-electron chi connectivity index (χ1n) is 39.8. The number of H-pyrrole nitrogens is 1. The molecule has 0 saturated heterocycles. The van der Waals surface area contributed by atoms with Crippen LogP contribution in [-0.2, 0) is 112 Å². The number of carbonyl (C=O) groups is 18. The zero-order valence-electron chi connectivity index (χ0n) is 70.1. The van der Waals surface area contributed by atoms with Crippen LogP contribution in [0.4, 0.5) is 5.69 Å². The summed E-state index contributed by atoms with van der Waals surface area (Å²) in [6.45, 7) is 5.74. The van der Waals surface area contributed by atoms with E-state index in [-0.39, 0.29) is 67.3 Å². The molecule has 22 N–H and O–H groups in total. The maximum Gasteiger partial charge on any atom is 0.373 e.